The Morgan fingerprint density at radius 3 is 3.00 bits per heavy atom. The molecular formula is C12H20N4O. The summed E-state index contributed by atoms with van der Waals surface area (Å²) in [7, 11) is 0. The van der Waals surface area contributed by atoms with Gasteiger partial charge in [-0.1, -0.05) is 13.8 Å². The fraction of sp³-hybridized carbons (Fsp3) is 0.667. The predicted octanol–water partition coefficient (Wildman–Crippen LogP) is 1.37. The number of aromatic amines is 1. The summed E-state index contributed by atoms with van der Waals surface area (Å²) >= 11 is 0. The highest BCUT2D eigenvalue weighted by molar-refractivity contribution is 5.94. The van der Waals surface area contributed by atoms with Crippen LogP contribution in [0, 0.1) is 11.3 Å². The molecule has 1 unspecified atom stereocenters. The largest absolute Gasteiger partial charge is 0.316 e. The maximum absolute atomic E-state index is 12.2. The van der Waals surface area contributed by atoms with Gasteiger partial charge in [0.2, 0.25) is 5.91 Å². The molecule has 0 spiro atoms. The predicted molar refractivity (Wildman–Crippen MR) is 66.6 cm³/mol. The molecule has 5 nitrogen and oxygen atoms in total. The number of amides is 1. The van der Waals surface area contributed by atoms with Crippen molar-refractivity contribution in [2.24, 2.45) is 11.3 Å². The molecule has 2 rings (SSSR count). The van der Waals surface area contributed by atoms with E-state index in [4.69, 9.17) is 0 Å². The van der Waals surface area contributed by atoms with E-state index in [1.165, 1.54) is 0 Å². The first kappa shape index (κ1) is 12.1. The van der Waals surface area contributed by atoms with E-state index in [0.29, 0.717) is 11.7 Å². The van der Waals surface area contributed by atoms with Crippen molar-refractivity contribution in [3.8, 4) is 0 Å². The Kier molecular flexibility index (Phi) is 3.47. The number of hydrogen-bond acceptors (Lipinski definition) is 3. The van der Waals surface area contributed by atoms with E-state index in [-0.39, 0.29) is 11.3 Å². The summed E-state index contributed by atoms with van der Waals surface area (Å²) in [5, 5.41) is 12.8. The number of hydrogen-bond donors (Lipinski definition) is 3. The minimum Gasteiger partial charge on any atom is -0.316 e. The van der Waals surface area contributed by atoms with Crippen molar-refractivity contribution in [2.45, 2.75) is 26.7 Å². The lowest BCUT2D eigenvalue weighted by Gasteiger charge is -2.35. The lowest BCUT2D eigenvalue weighted by molar-refractivity contribution is -0.127. The first-order chi connectivity index (χ1) is 8.10. The third-order valence-corrected chi connectivity index (χ3v) is 3.65. The highest BCUT2D eigenvalue weighted by Crippen LogP contribution is 2.32. The van der Waals surface area contributed by atoms with Crippen molar-refractivity contribution in [3.63, 3.8) is 0 Å². The monoisotopic (exact) mass is 236 g/mol. The quantitative estimate of drug-likeness (QED) is 0.742. The van der Waals surface area contributed by atoms with Gasteiger partial charge < -0.3 is 10.6 Å². The topological polar surface area (TPSA) is 69.8 Å². The van der Waals surface area contributed by atoms with Gasteiger partial charge in [-0.15, -0.1) is 0 Å². The number of nitrogens with one attached hydrogen (secondary N) is 3. The van der Waals surface area contributed by atoms with Crippen molar-refractivity contribution in [3.05, 3.63) is 12.3 Å². The maximum Gasteiger partial charge on any atom is 0.231 e. The van der Waals surface area contributed by atoms with E-state index in [2.05, 4.69) is 20.8 Å². The van der Waals surface area contributed by atoms with Crippen molar-refractivity contribution in [2.75, 3.05) is 18.4 Å². The zero-order valence-electron chi connectivity index (χ0n) is 10.4. The van der Waals surface area contributed by atoms with E-state index in [1.54, 1.807) is 12.3 Å². The highest BCUT2D eigenvalue weighted by atomic mass is 16.2. The zero-order chi connectivity index (χ0) is 12.3. The molecule has 3 N–H and O–H groups in total. The zero-order valence-corrected chi connectivity index (χ0v) is 10.4. The first-order valence-corrected chi connectivity index (χ1v) is 6.12. The van der Waals surface area contributed by atoms with Gasteiger partial charge in [0.25, 0.3) is 0 Å². The van der Waals surface area contributed by atoms with Crippen LogP contribution in [-0.4, -0.2) is 29.2 Å². The molecule has 1 fully saturated rings. The molecule has 1 aromatic rings. The number of aromatic nitrogens is 2. The molecule has 1 atom stereocenters. The van der Waals surface area contributed by atoms with Crippen LogP contribution in [0.5, 0.6) is 0 Å². The van der Waals surface area contributed by atoms with Gasteiger partial charge in [0.05, 0.1) is 6.20 Å². The van der Waals surface area contributed by atoms with E-state index in [9.17, 15) is 4.79 Å². The van der Waals surface area contributed by atoms with Crippen LogP contribution in [0.3, 0.4) is 0 Å². The van der Waals surface area contributed by atoms with E-state index in [0.717, 1.165) is 25.9 Å². The number of H-pyrrole nitrogens is 1. The Morgan fingerprint density at radius 1 is 1.59 bits per heavy atom. The second kappa shape index (κ2) is 4.87. The second-order valence-corrected chi connectivity index (χ2v) is 5.19. The summed E-state index contributed by atoms with van der Waals surface area (Å²) in [4.78, 5) is 12.2. The van der Waals surface area contributed by atoms with Crippen molar-refractivity contribution < 1.29 is 4.79 Å². The fourth-order valence-electron chi connectivity index (χ4n) is 2.26. The first-order valence-electron chi connectivity index (χ1n) is 6.12. The summed E-state index contributed by atoms with van der Waals surface area (Å²) in [5.74, 6) is 1.10. The molecule has 0 radical (unpaired) electrons. The van der Waals surface area contributed by atoms with Gasteiger partial charge in [-0.2, -0.15) is 5.10 Å². The van der Waals surface area contributed by atoms with Crippen molar-refractivity contribution in [1.29, 1.82) is 0 Å². The molecular weight excluding hydrogens is 216 g/mol. The lowest BCUT2D eigenvalue weighted by Crippen LogP contribution is -2.44. The minimum atomic E-state index is -0.363. The molecule has 2 heterocycles. The molecule has 0 bridgehead atoms. The molecule has 5 heteroatoms. The van der Waals surface area contributed by atoms with Crippen molar-refractivity contribution >= 4 is 11.7 Å². The van der Waals surface area contributed by atoms with Crippen LogP contribution in [0.1, 0.15) is 26.7 Å². The summed E-state index contributed by atoms with van der Waals surface area (Å²) in [6.45, 7) is 6.00. The molecule has 1 aliphatic rings. The van der Waals surface area contributed by atoms with E-state index >= 15 is 0 Å². The van der Waals surface area contributed by atoms with Gasteiger partial charge >= 0.3 is 0 Å². The molecule has 1 aromatic heterocycles. The van der Waals surface area contributed by atoms with E-state index < -0.39 is 0 Å². The molecule has 1 saturated heterocycles. The Labute approximate surface area is 101 Å². The fourth-order valence-corrected chi connectivity index (χ4v) is 2.26. The standard InChI is InChI=1S/C12H20N4O/c1-12(2,9-4-3-6-13-8-9)11(17)15-10-5-7-14-16-10/h5,7,9,13H,3-4,6,8H2,1-2H3,(H2,14,15,16,17). The van der Waals surface area contributed by atoms with Crippen LogP contribution in [0.25, 0.3) is 0 Å². The molecule has 94 valence electrons. The third-order valence-electron chi connectivity index (χ3n) is 3.65. The molecule has 17 heavy (non-hydrogen) atoms. The van der Waals surface area contributed by atoms with Crippen LogP contribution in [0.2, 0.25) is 0 Å². The SMILES string of the molecule is CC(C)(C(=O)Nc1ccn[nH]1)C1CCCNC1. The number of rotatable bonds is 3. The Bertz CT molecular complexity index is 366. The van der Waals surface area contributed by atoms with Crippen LogP contribution in [-0.2, 0) is 4.79 Å². The number of anilines is 1. The normalized spacial score (nSPS) is 21.2. The lowest BCUT2D eigenvalue weighted by atomic mass is 9.74. The summed E-state index contributed by atoms with van der Waals surface area (Å²) in [6, 6.07) is 1.76. The van der Waals surface area contributed by atoms with Crippen LogP contribution >= 0.6 is 0 Å². The Hall–Kier alpha value is -1.36. The van der Waals surface area contributed by atoms with Gasteiger partial charge in [-0.25, -0.2) is 0 Å². The average Bonchev–Trinajstić information content (AvgIpc) is 2.83. The van der Waals surface area contributed by atoms with Gasteiger partial charge in [0, 0.05) is 11.5 Å². The van der Waals surface area contributed by atoms with Gasteiger partial charge in [0.15, 0.2) is 0 Å². The molecule has 1 aliphatic heterocycles. The van der Waals surface area contributed by atoms with Gasteiger partial charge in [-0.3, -0.25) is 9.89 Å². The molecule has 0 aromatic carbocycles. The maximum atomic E-state index is 12.2. The molecule has 1 amide bonds. The number of carbonyl (C=O) groups excluding carboxylic acids is 1. The number of carbonyl (C=O) groups is 1. The Morgan fingerprint density at radius 2 is 2.41 bits per heavy atom. The summed E-state index contributed by atoms with van der Waals surface area (Å²) in [6.07, 6.45) is 3.88. The Balaban J connectivity index is 2.00. The number of nitrogens with zero attached hydrogens (tertiary/aromatic N) is 1. The summed E-state index contributed by atoms with van der Waals surface area (Å²) < 4.78 is 0. The smallest absolute Gasteiger partial charge is 0.231 e. The third kappa shape index (κ3) is 2.66. The highest BCUT2D eigenvalue weighted by Gasteiger charge is 2.37. The summed E-state index contributed by atoms with van der Waals surface area (Å²) in [5.41, 5.74) is -0.363. The minimum absolute atomic E-state index is 0.0513. The number of piperidine rings is 1. The average molecular weight is 236 g/mol. The van der Waals surface area contributed by atoms with Crippen LogP contribution in [0.4, 0.5) is 5.82 Å². The molecule has 0 aliphatic carbocycles. The van der Waals surface area contributed by atoms with Gasteiger partial charge in [0.1, 0.15) is 5.82 Å². The van der Waals surface area contributed by atoms with Crippen LogP contribution < -0.4 is 10.6 Å². The van der Waals surface area contributed by atoms with Crippen molar-refractivity contribution in [1.82, 2.24) is 15.5 Å². The van der Waals surface area contributed by atoms with Crippen LogP contribution in [0.15, 0.2) is 12.3 Å². The van der Waals surface area contributed by atoms with Gasteiger partial charge in [-0.05, 0) is 31.8 Å². The van der Waals surface area contributed by atoms with E-state index in [1.807, 2.05) is 13.8 Å². The second-order valence-electron chi connectivity index (χ2n) is 5.19. The molecule has 0 saturated carbocycles.